The molecular weight excluding hydrogens is 234 g/mol. The number of anilines is 2. The van der Waals surface area contributed by atoms with E-state index >= 15 is 0 Å². The summed E-state index contributed by atoms with van der Waals surface area (Å²) in [7, 11) is 0. The molecular formula is C12H19N3O3. The molecule has 1 rings (SSSR count). The maximum Gasteiger partial charge on any atom is 0.337 e. The summed E-state index contributed by atoms with van der Waals surface area (Å²) in [5, 5.41) is 18.8. The van der Waals surface area contributed by atoms with Gasteiger partial charge in [0.1, 0.15) is 0 Å². The van der Waals surface area contributed by atoms with Gasteiger partial charge in [-0.1, -0.05) is 0 Å². The average Bonchev–Trinajstić information content (AvgIpc) is 2.25. The second kappa shape index (κ2) is 5.22. The van der Waals surface area contributed by atoms with Crippen LogP contribution in [-0.2, 0) is 0 Å². The molecule has 0 fully saturated rings. The zero-order chi connectivity index (χ0) is 13.9. The molecule has 0 saturated carbocycles. The third kappa shape index (κ3) is 3.33. The number of nitrogen functional groups attached to an aromatic ring is 1. The first-order chi connectivity index (χ1) is 8.26. The number of carboxylic acids is 1. The molecule has 0 aromatic carbocycles. The van der Waals surface area contributed by atoms with Crippen molar-refractivity contribution in [2.75, 3.05) is 23.7 Å². The van der Waals surface area contributed by atoms with Gasteiger partial charge < -0.3 is 20.8 Å². The van der Waals surface area contributed by atoms with E-state index < -0.39 is 11.6 Å². The number of hydrogen-bond acceptors (Lipinski definition) is 5. The molecule has 0 amide bonds. The second-order valence-electron chi connectivity index (χ2n) is 4.73. The topological polar surface area (TPSA) is 99.7 Å². The number of carbonyl (C=O) groups is 1. The minimum Gasteiger partial charge on any atom is -0.478 e. The lowest BCUT2D eigenvalue weighted by Crippen LogP contribution is -2.39. The van der Waals surface area contributed by atoms with Crippen LogP contribution >= 0.6 is 0 Å². The van der Waals surface area contributed by atoms with Gasteiger partial charge in [0.2, 0.25) is 0 Å². The molecule has 1 aromatic rings. The van der Waals surface area contributed by atoms with Gasteiger partial charge in [-0.3, -0.25) is 0 Å². The van der Waals surface area contributed by atoms with Crippen molar-refractivity contribution in [2.45, 2.75) is 26.4 Å². The molecule has 0 unspecified atom stereocenters. The van der Waals surface area contributed by atoms with E-state index in [1.807, 2.05) is 6.92 Å². The summed E-state index contributed by atoms with van der Waals surface area (Å²) in [6, 6.07) is 1.36. The summed E-state index contributed by atoms with van der Waals surface area (Å²) in [6.45, 7) is 6.13. The van der Waals surface area contributed by atoms with Crippen molar-refractivity contribution in [1.29, 1.82) is 0 Å². The van der Waals surface area contributed by atoms with Crippen LogP contribution < -0.4 is 10.6 Å². The molecule has 0 bridgehead atoms. The molecule has 0 aliphatic heterocycles. The van der Waals surface area contributed by atoms with Crippen LogP contribution in [0.15, 0.2) is 12.3 Å². The summed E-state index contributed by atoms with van der Waals surface area (Å²) in [5.74, 6) is -0.699. The third-order valence-corrected chi connectivity index (χ3v) is 2.46. The average molecular weight is 253 g/mol. The molecule has 0 radical (unpaired) electrons. The quantitative estimate of drug-likeness (QED) is 0.722. The number of carboxylic acid groups (broad SMARTS) is 1. The van der Waals surface area contributed by atoms with E-state index in [-0.39, 0.29) is 11.3 Å². The van der Waals surface area contributed by atoms with Crippen LogP contribution in [0.3, 0.4) is 0 Å². The van der Waals surface area contributed by atoms with Crippen molar-refractivity contribution in [3.63, 3.8) is 0 Å². The molecule has 0 aliphatic rings. The number of nitrogens with zero attached hydrogens (tertiary/aromatic N) is 2. The molecule has 1 heterocycles. The molecule has 0 spiro atoms. The van der Waals surface area contributed by atoms with Gasteiger partial charge in [0.15, 0.2) is 5.82 Å². The predicted octanol–water partition coefficient (Wildman–Crippen LogP) is 0.959. The lowest BCUT2D eigenvalue weighted by molar-refractivity contribution is 0.0698. The minimum absolute atomic E-state index is 0.0224. The Morgan fingerprint density at radius 3 is 2.61 bits per heavy atom. The SMILES string of the molecule is CCN(CC(C)(C)O)c1nccc(C(=O)O)c1N. The van der Waals surface area contributed by atoms with Crippen LogP contribution in [0.4, 0.5) is 11.5 Å². The largest absolute Gasteiger partial charge is 0.478 e. The van der Waals surface area contributed by atoms with Crippen LogP contribution in [0.25, 0.3) is 0 Å². The van der Waals surface area contributed by atoms with Crippen molar-refractivity contribution in [2.24, 2.45) is 0 Å². The number of aliphatic hydroxyl groups is 1. The van der Waals surface area contributed by atoms with E-state index in [0.29, 0.717) is 18.9 Å². The second-order valence-corrected chi connectivity index (χ2v) is 4.73. The lowest BCUT2D eigenvalue weighted by atomic mass is 10.1. The van der Waals surface area contributed by atoms with E-state index in [1.54, 1.807) is 18.7 Å². The first-order valence-corrected chi connectivity index (χ1v) is 5.71. The molecule has 100 valence electrons. The van der Waals surface area contributed by atoms with E-state index in [4.69, 9.17) is 10.8 Å². The molecule has 6 nitrogen and oxygen atoms in total. The summed E-state index contributed by atoms with van der Waals surface area (Å²) < 4.78 is 0. The maximum atomic E-state index is 11.0. The van der Waals surface area contributed by atoms with E-state index in [9.17, 15) is 9.90 Å². The lowest BCUT2D eigenvalue weighted by Gasteiger charge is -2.29. The monoisotopic (exact) mass is 253 g/mol. The highest BCUT2D eigenvalue weighted by Crippen LogP contribution is 2.25. The van der Waals surface area contributed by atoms with Gasteiger partial charge in [-0.15, -0.1) is 0 Å². The summed E-state index contributed by atoms with van der Waals surface area (Å²) in [4.78, 5) is 16.8. The highest BCUT2D eigenvalue weighted by atomic mass is 16.4. The number of likely N-dealkylation sites (N-methyl/N-ethyl adjacent to an activating group) is 1. The Kier molecular flexibility index (Phi) is 4.13. The maximum absolute atomic E-state index is 11.0. The van der Waals surface area contributed by atoms with E-state index in [0.717, 1.165) is 0 Å². The Balaban J connectivity index is 3.14. The van der Waals surface area contributed by atoms with Gasteiger partial charge >= 0.3 is 5.97 Å². The van der Waals surface area contributed by atoms with Gasteiger partial charge in [0, 0.05) is 19.3 Å². The summed E-state index contributed by atoms with van der Waals surface area (Å²) >= 11 is 0. The molecule has 1 aromatic heterocycles. The van der Waals surface area contributed by atoms with Gasteiger partial charge in [-0.05, 0) is 26.8 Å². The Hall–Kier alpha value is -1.82. The zero-order valence-corrected chi connectivity index (χ0v) is 10.8. The standard InChI is InChI=1S/C12H19N3O3/c1-4-15(7-12(2,3)18)10-9(13)8(11(16)17)5-6-14-10/h5-6,18H,4,7,13H2,1-3H3,(H,16,17). The molecule has 0 aliphatic carbocycles. The first-order valence-electron chi connectivity index (χ1n) is 5.71. The Morgan fingerprint density at radius 1 is 1.56 bits per heavy atom. The number of pyridine rings is 1. The molecule has 4 N–H and O–H groups in total. The first kappa shape index (κ1) is 14.2. The van der Waals surface area contributed by atoms with Crippen molar-refractivity contribution in [3.8, 4) is 0 Å². The Labute approximate surface area is 106 Å². The number of rotatable bonds is 5. The zero-order valence-electron chi connectivity index (χ0n) is 10.8. The van der Waals surface area contributed by atoms with Gasteiger partial charge in [0.25, 0.3) is 0 Å². The fraction of sp³-hybridized carbons (Fsp3) is 0.500. The van der Waals surface area contributed by atoms with Crippen LogP contribution in [-0.4, -0.2) is 39.9 Å². The minimum atomic E-state index is -1.09. The van der Waals surface area contributed by atoms with Crippen LogP contribution in [0.1, 0.15) is 31.1 Å². The molecule has 18 heavy (non-hydrogen) atoms. The van der Waals surface area contributed by atoms with Crippen LogP contribution in [0, 0.1) is 0 Å². The predicted molar refractivity (Wildman–Crippen MR) is 69.8 cm³/mol. The number of hydrogen-bond donors (Lipinski definition) is 3. The van der Waals surface area contributed by atoms with Gasteiger partial charge in [-0.25, -0.2) is 9.78 Å². The molecule has 0 atom stereocenters. The van der Waals surface area contributed by atoms with Gasteiger partial charge in [-0.2, -0.15) is 0 Å². The van der Waals surface area contributed by atoms with E-state index in [2.05, 4.69) is 4.98 Å². The summed E-state index contributed by atoms with van der Waals surface area (Å²) in [5.41, 5.74) is 5.04. The highest BCUT2D eigenvalue weighted by Gasteiger charge is 2.22. The Morgan fingerprint density at radius 2 is 2.17 bits per heavy atom. The summed E-state index contributed by atoms with van der Waals surface area (Å²) in [6.07, 6.45) is 1.40. The van der Waals surface area contributed by atoms with Crippen molar-refractivity contribution >= 4 is 17.5 Å². The highest BCUT2D eigenvalue weighted by molar-refractivity contribution is 5.96. The number of aromatic nitrogens is 1. The fourth-order valence-corrected chi connectivity index (χ4v) is 1.70. The van der Waals surface area contributed by atoms with Crippen molar-refractivity contribution < 1.29 is 15.0 Å². The van der Waals surface area contributed by atoms with E-state index in [1.165, 1.54) is 12.3 Å². The smallest absolute Gasteiger partial charge is 0.337 e. The van der Waals surface area contributed by atoms with Crippen LogP contribution in [0.2, 0.25) is 0 Å². The van der Waals surface area contributed by atoms with Crippen molar-refractivity contribution in [1.82, 2.24) is 4.98 Å². The molecule has 6 heteroatoms. The van der Waals surface area contributed by atoms with Crippen molar-refractivity contribution in [3.05, 3.63) is 17.8 Å². The Bertz CT molecular complexity index is 441. The number of aromatic carboxylic acids is 1. The third-order valence-electron chi connectivity index (χ3n) is 2.46. The van der Waals surface area contributed by atoms with Gasteiger partial charge in [0.05, 0.1) is 16.9 Å². The van der Waals surface area contributed by atoms with Crippen LogP contribution in [0.5, 0.6) is 0 Å². The normalized spacial score (nSPS) is 11.3. The fourth-order valence-electron chi connectivity index (χ4n) is 1.70. The molecule has 0 saturated heterocycles. The number of nitrogens with two attached hydrogens (primary N) is 1.